The fourth-order valence-electron chi connectivity index (χ4n) is 2.33. The normalized spacial score (nSPS) is 26.6. The van der Waals surface area contributed by atoms with Crippen LogP contribution in [0, 0.1) is 12.8 Å². The first kappa shape index (κ1) is 11.6. The van der Waals surface area contributed by atoms with Crippen molar-refractivity contribution in [1.29, 1.82) is 0 Å². The summed E-state index contributed by atoms with van der Waals surface area (Å²) in [5.74, 6) is 2.30. The molecule has 2 atom stereocenters. The summed E-state index contributed by atoms with van der Waals surface area (Å²) in [7, 11) is 0. The van der Waals surface area contributed by atoms with Gasteiger partial charge in [0.25, 0.3) is 0 Å². The van der Waals surface area contributed by atoms with Crippen LogP contribution in [0.1, 0.15) is 50.7 Å². The highest BCUT2D eigenvalue weighted by Gasteiger charge is 2.16. The van der Waals surface area contributed by atoms with E-state index < -0.39 is 0 Å². The summed E-state index contributed by atoms with van der Waals surface area (Å²) in [5, 5.41) is 7.30. The van der Waals surface area contributed by atoms with E-state index in [-0.39, 0.29) is 0 Å². The first-order valence-corrected chi connectivity index (χ1v) is 6.26. The highest BCUT2D eigenvalue weighted by Crippen LogP contribution is 2.22. The summed E-state index contributed by atoms with van der Waals surface area (Å²) in [6.45, 7) is 4.91. The van der Waals surface area contributed by atoms with Gasteiger partial charge >= 0.3 is 0 Å². The number of aromatic nitrogens is 2. The van der Waals surface area contributed by atoms with Gasteiger partial charge in [-0.25, -0.2) is 0 Å². The number of aryl methyl sites for hydroxylation is 1. The van der Waals surface area contributed by atoms with Crippen LogP contribution in [0.5, 0.6) is 0 Å². The van der Waals surface area contributed by atoms with Crippen molar-refractivity contribution in [3.63, 3.8) is 0 Å². The molecule has 4 heteroatoms. The van der Waals surface area contributed by atoms with Crippen LogP contribution in [0.15, 0.2) is 4.52 Å². The Morgan fingerprint density at radius 3 is 2.94 bits per heavy atom. The van der Waals surface area contributed by atoms with E-state index in [0.717, 1.165) is 5.92 Å². The molecule has 0 spiro atoms. The highest BCUT2D eigenvalue weighted by molar-refractivity contribution is 4.83. The number of hydrogen-bond acceptors (Lipinski definition) is 4. The van der Waals surface area contributed by atoms with E-state index in [1.165, 1.54) is 32.1 Å². The molecule has 1 fully saturated rings. The van der Waals surface area contributed by atoms with Gasteiger partial charge < -0.3 is 9.84 Å². The van der Waals surface area contributed by atoms with Crippen LogP contribution < -0.4 is 5.32 Å². The van der Waals surface area contributed by atoms with E-state index in [1.807, 2.05) is 6.92 Å². The molecule has 1 saturated carbocycles. The van der Waals surface area contributed by atoms with Crippen LogP contribution in [-0.4, -0.2) is 16.2 Å². The zero-order chi connectivity index (χ0) is 11.4. The molecule has 0 aliphatic heterocycles. The highest BCUT2D eigenvalue weighted by atomic mass is 16.5. The minimum absolute atomic E-state index is 0.622. The van der Waals surface area contributed by atoms with Gasteiger partial charge in [-0.05, 0) is 32.1 Å². The van der Waals surface area contributed by atoms with Crippen LogP contribution in [0.25, 0.3) is 0 Å². The van der Waals surface area contributed by atoms with Crippen molar-refractivity contribution in [2.75, 3.05) is 0 Å². The molecule has 4 nitrogen and oxygen atoms in total. The lowest BCUT2D eigenvalue weighted by molar-refractivity contribution is 0.346. The maximum absolute atomic E-state index is 5.08. The van der Waals surface area contributed by atoms with Crippen LogP contribution >= 0.6 is 0 Å². The molecule has 1 aliphatic carbocycles. The zero-order valence-electron chi connectivity index (χ0n) is 10.2. The smallest absolute Gasteiger partial charge is 0.240 e. The number of nitrogens with one attached hydrogen (secondary N) is 1. The zero-order valence-corrected chi connectivity index (χ0v) is 10.2. The molecule has 0 aromatic carbocycles. The predicted molar refractivity (Wildman–Crippen MR) is 61.9 cm³/mol. The van der Waals surface area contributed by atoms with Crippen LogP contribution in [0.3, 0.4) is 0 Å². The Balaban J connectivity index is 1.77. The molecule has 1 aromatic heterocycles. The van der Waals surface area contributed by atoms with Gasteiger partial charge in [-0.15, -0.1) is 0 Å². The summed E-state index contributed by atoms with van der Waals surface area (Å²) in [5.41, 5.74) is 0. The van der Waals surface area contributed by atoms with E-state index in [0.29, 0.717) is 24.3 Å². The predicted octanol–water partition coefficient (Wildman–Crippen LogP) is 2.44. The molecule has 0 saturated heterocycles. The van der Waals surface area contributed by atoms with Crippen molar-refractivity contribution in [1.82, 2.24) is 15.5 Å². The minimum atomic E-state index is 0.622. The molecule has 90 valence electrons. The third kappa shape index (κ3) is 3.30. The van der Waals surface area contributed by atoms with Crippen molar-refractivity contribution in [3.05, 3.63) is 11.7 Å². The van der Waals surface area contributed by atoms with Gasteiger partial charge in [-0.1, -0.05) is 24.9 Å². The Labute approximate surface area is 96.8 Å². The molecule has 1 N–H and O–H groups in total. The van der Waals surface area contributed by atoms with Gasteiger partial charge in [0.05, 0.1) is 6.54 Å². The molecule has 2 unspecified atom stereocenters. The third-order valence-corrected chi connectivity index (χ3v) is 3.37. The van der Waals surface area contributed by atoms with E-state index in [1.54, 1.807) is 0 Å². The van der Waals surface area contributed by atoms with Gasteiger partial charge in [-0.3, -0.25) is 0 Å². The van der Waals surface area contributed by atoms with Crippen LogP contribution in [-0.2, 0) is 6.54 Å². The summed E-state index contributed by atoms with van der Waals surface area (Å²) in [6, 6.07) is 0.622. The molecule has 1 aromatic rings. The average Bonchev–Trinajstić information content (AvgIpc) is 2.56. The molecule has 0 bridgehead atoms. The fraction of sp³-hybridized carbons (Fsp3) is 0.833. The lowest BCUT2D eigenvalue weighted by atomic mass is 10.0. The van der Waals surface area contributed by atoms with E-state index in [2.05, 4.69) is 22.4 Å². The molecule has 16 heavy (non-hydrogen) atoms. The lowest BCUT2D eigenvalue weighted by Gasteiger charge is -2.14. The molecule has 1 heterocycles. The molecule has 0 radical (unpaired) electrons. The molecular weight excluding hydrogens is 202 g/mol. The van der Waals surface area contributed by atoms with Crippen molar-refractivity contribution < 1.29 is 4.52 Å². The molecule has 0 amide bonds. The number of rotatable bonds is 3. The van der Waals surface area contributed by atoms with Gasteiger partial charge in [0, 0.05) is 6.04 Å². The van der Waals surface area contributed by atoms with E-state index in [4.69, 9.17) is 4.52 Å². The number of hydrogen-bond donors (Lipinski definition) is 1. The van der Waals surface area contributed by atoms with Crippen molar-refractivity contribution in [3.8, 4) is 0 Å². The van der Waals surface area contributed by atoms with Crippen molar-refractivity contribution >= 4 is 0 Å². The quantitative estimate of drug-likeness (QED) is 0.800. The van der Waals surface area contributed by atoms with Gasteiger partial charge in [0.15, 0.2) is 5.82 Å². The topological polar surface area (TPSA) is 51.0 Å². The Morgan fingerprint density at radius 1 is 1.31 bits per heavy atom. The molecule has 1 aliphatic rings. The molecule has 2 rings (SSSR count). The molecular formula is C12H21N3O. The van der Waals surface area contributed by atoms with Gasteiger partial charge in [0.2, 0.25) is 5.89 Å². The second kappa shape index (κ2) is 5.43. The summed E-state index contributed by atoms with van der Waals surface area (Å²) < 4.78 is 5.08. The van der Waals surface area contributed by atoms with Gasteiger partial charge in [0.1, 0.15) is 0 Å². The summed E-state index contributed by atoms with van der Waals surface area (Å²) >= 11 is 0. The Hall–Kier alpha value is -0.900. The van der Waals surface area contributed by atoms with Crippen molar-refractivity contribution in [2.24, 2.45) is 5.92 Å². The van der Waals surface area contributed by atoms with Crippen LogP contribution in [0.2, 0.25) is 0 Å². The Morgan fingerprint density at radius 2 is 2.19 bits per heavy atom. The maximum atomic E-state index is 5.08. The number of nitrogens with zero attached hydrogens (tertiary/aromatic N) is 2. The van der Waals surface area contributed by atoms with Crippen molar-refractivity contribution in [2.45, 2.75) is 58.5 Å². The minimum Gasteiger partial charge on any atom is -0.338 e. The lowest BCUT2D eigenvalue weighted by Crippen LogP contribution is -2.28. The SMILES string of the molecule is Cc1noc(CNC2CCCC(C)CC2)n1. The standard InChI is InChI=1S/C12H21N3O/c1-9-4-3-5-11(7-6-9)13-8-12-14-10(2)15-16-12/h9,11,13H,3-8H2,1-2H3. The average molecular weight is 223 g/mol. The second-order valence-electron chi connectivity index (χ2n) is 4.93. The summed E-state index contributed by atoms with van der Waals surface area (Å²) in [4.78, 5) is 4.19. The summed E-state index contributed by atoms with van der Waals surface area (Å²) in [6.07, 6.45) is 6.59. The largest absolute Gasteiger partial charge is 0.338 e. The first-order valence-electron chi connectivity index (χ1n) is 6.26. The Bertz CT molecular complexity index is 324. The maximum Gasteiger partial charge on any atom is 0.240 e. The Kier molecular flexibility index (Phi) is 3.93. The van der Waals surface area contributed by atoms with Crippen LogP contribution in [0.4, 0.5) is 0 Å². The first-order chi connectivity index (χ1) is 7.74. The monoisotopic (exact) mass is 223 g/mol. The van der Waals surface area contributed by atoms with E-state index >= 15 is 0 Å². The third-order valence-electron chi connectivity index (χ3n) is 3.37. The van der Waals surface area contributed by atoms with Gasteiger partial charge in [-0.2, -0.15) is 4.98 Å². The van der Waals surface area contributed by atoms with E-state index in [9.17, 15) is 0 Å². The fourth-order valence-corrected chi connectivity index (χ4v) is 2.33. The second-order valence-corrected chi connectivity index (χ2v) is 4.93.